The molecule has 0 radical (unpaired) electrons. The van der Waals surface area contributed by atoms with E-state index in [2.05, 4.69) is 124 Å². The van der Waals surface area contributed by atoms with Gasteiger partial charge in [-0.2, -0.15) is 4.57 Å². The zero-order valence-corrected chi connectivity index (χ0v) is 18.3. The summed E-state index contributed by atoms with van der Waals surface area (Å²) in [7, 11) is 0. The molecule has 2 aliphatic rings. The van der Waals surface area contributed by atoms with Gasteiger partial charge in [-0.05, 0) is 36.4 Å². The average Bonchev–Trinajstić information content (AvgIpc) is 2.90. The van der Waals surface area contributed by atoms with Gasteiger partial charge in [0, 0.05) is 35.5 Å². The van der Waals surface area contributed by atoms with Crippen LogP contribution < -0.4 is 4.57 Å². The highest BCUT2D eigenvalue weighted by Crippen LogP contribution is 2.47. The van der Waals surface area contributed by atoms with Crippen molar-refractivity contribution in [3.63, 3.8) is 0 Å². The Labute approximate surface area is 195 Å². The number of para-hydroxylation sites is 2. The zero-order valence-electron chi connectivity index (χ0n) is 18.3. The fourth-order valence-corrected chi connectivity index (χ4v) is 5.70. The molecule has 0 saturated carbocycles. The summed E-state index contributed by atoms with van der Waals surface area (Å²) in [6, 6.07) is 40.6. The number of nitrogens with zero attached hydrogens (tertiary/aromatic N) is 2. The van der Waals surface area contributed by atoms with E-state index in [-0.39, 0.29) is 0 Å². The summed E-state index contributed by atoms with van der Waals surface area (Å²) in [6.45, 7) is 0. The molecule has 0 amide bonds. The van der Waals surface area contributed by atoms with Crippen molar-refractivity contribution in [2.75, 3.05) is 0 Å². The largest absolute Gasteiger partial charge is 0.456 e. The van der Waals surface area contributed by atoms with Crippen LogP contribution >= 0.6 is 0 Å². The molecule has 5 aromatic carbocycles. The van der Waals surface area contributed by atoms with Crippen molar-refractivity contribution < 1.29 is 8.98 Å². The van der Waals surface area contributed by atoms with E-state index in [0.29, 0.717) is 0 Å². The van der Waals surface area contributed by atoms with Gasteiger partial charge >= 0.3 is 0 Å². The van der Waals surface area contributed by atoms with Crippen LogP contribution in [-0.2, 0) is 0 Å². The quantitative estimate of drug-likeness (QED) is 0.156. The molecule has 0 fully saturated rings. The van der Waals surface area contributed by atoms with Crippen LogP contribution in [0.1, 0.15) is 0 Å². The molecule has 3 heterocycles. The Bertz CT molecular complexity index is 1940. The molecule has 8 rings (SSSR count). The molecule has 158 valence electrons. The lowest BCUT2D eigenvalue weighted by Crippen LogP contribution is -2.33. The number of pyridine rings is 2. The first-order valence-electron chi connectivity index (χ1n) is 11.6. The van der Waals surface area contributed by atoms with Gasteiger partial charge in [0.15, 0.2) is 0 Å². The summed E-state index contributed by atoms with van der Waals surface area (Å²) in [5.74, 6) is 0. The van der Waals surface area contributed by atoms with Gasteiger partial charge in [-0.25, -0.2) is 0 Å². The van der Waals surface area contributed by atoms with Crippen LogP contribution in [0.2, 0.25) is 0 Å². The predicted molar refractivity (Wildman–Crippen MR) is 137 cm³/mol. The van der Waals surface area contributed by atoms with Crippen molar-refractivity contribution in [2.24, 2.45) is 0 Å². The van der Waals surface area contributed by atoms with Crippen molar-refractivity contribution in [1.29, 1.82) is 0 Å². The summed E-state index contributed by atoms with van der Waals surface area (Å²) in [4.78, 5) is 0. The minimum absolute atomic E-state index is 0.909. The lowest BCUT2D eigenvalue weighted by Gasteiger charge is -2.24. The second kappa shape index (κ2) is 6.46. The fraction of sp³-hybridized carbons (Fsp3) is 0. The van der Waals surface area contributed by atoms with Gasteiger partial charge in [-0.1, -0.05) is 54.6 Å². The van der Waals surface area contributed by atoms with E-state index in [0.717, 1.165) is 33.6 Å². The SMILES string of the molecule is c1ccc(-n2c3cccc4oc5cccc6c5c(c5c2cccc5[n+]6-c2ccccc2)-c43)cc1. The molecule has 2 aliphatic heterocycles. The van der Waals surface area contributed by atoms with E-state index in [9.17, 15) is 0 Å². The van der Waals surface area contributed by atoms with Crippen LogP contribution in [0, 0.1) is 0 Å². The highest BCUT2D eigenvalue weighted by molar-refractivity contribution is 6.24. The van der Waals surface area contributed by atoms with Gasteiger partial charge in [0.2, 0.25) is 16.7 Å². The number of benzene rings is 5. The van der Waals surface area contributed by atoms with Crippen molar-refractivity contribution in [3.05, 3.63) is 115 Å². The lowest BCUT2D eigenvalue weighted by molar-refractivity contribution is -0.537. The molecule has 0 atom stereocenters. The standard InChI is InChI=1S/C31H19N2O/c1-3-10-20(11-4-1)32-22-14-7-15-23-28(22)31-29-24(32)16-8-18-26(29)34-27-19-9-17-25(30(27)31)33(23)21-12-5-2-6-13-21/h1-19H/q+1. The topological polar surface area (TPSA) is 21.9 Å². The Morgan fingerprint density at radius 1 is 0.500 bits per heavy atom. The summed E-state index contributed by atoms with van der Waals surface area (Å²) in [5.41, 5.74) is 11.2. The first-order valence-corrected chi connectivity index (χ1v) is 11.6. The van der Waals surface area contributed by atoms with Gasteiger partial charge in [-0.3, -0.25) is 0 Å². The summed E-state index contributed by atoms with van der Waals surface area (Å²) in [5, 5.41) is 2.41. The Hall–Kier alpha value is -4.63. The maximum absolute atomic E-state index is 6.54. The van der Waals surface area contributed by atoms with Gasteiger partial charge in [0.1, 0.15) is 11.2 Å². The fourth-order valence-electron chi connectivity index (χ4n) is 5.70. The Kier molecular flexibility index (Phi) is 3.39. The monoisotopic (exact) mass is 435 g/mol. The van der Waals surface area contributed by atoms with Crippen molar-refractivity contribution in [1.82, 2.24) is 4.57 Å². The Morgan fingerprint density at radius 2 is 1.15 bits per heavy atom. The van der Waals surface area contributed by atoms with E-state index in [1.54, 1.807) is 0 Å². The summed E-state index contributed by atoms with van der Waals surface area (Å²) in [6.07, 6.45) is 0. The molecular weight excluding hydrogens is 416 g/mol. The zero-order chi connectivity index (χ0) is 22.2. The molecule has 0 saturated heterocycles. The van der Waals surface area contributed by atoms with E-state index in [1.165, 1.54) is 32.9 Å². The molecule has 0 spiro atoms. The van der Waals surface area contributed by atoms with Crippen molar-refractivity contribution >= 4 is 44.0 Å². The third kappa shape index (κ3) is 2.18. The first kappa shape index (κ1) is 17.9. The van der Waals surface area contributed by atoms with Crippen molar-refractivity contribution in [2.45, 2.75) is 0 Å². The second-order valence-electron chi connectivity index (χ2n) is 8.79. The summed E-state index contributed by atoms with van der Waals surface area (Å²) >= 11 is 0. The molecule has 34 heavy (non-hydrogen) atoms. The molecule has 1 aromatic heterocycles. The minimum atomic E-state index is 0.909. The van der Waals surface area contributed by atoms with E-state index >= 15 is 0 Å². The van der Waals surface area contributed by atoms with Crippen LogP contribution in [0.4, 0.5) is 0 Å². The van der Waals surface area contributed by atoms with Crippen LogP contribution in [0.25, 0.3) is 66.5 Å². The highest BCUT2D eigenvalue weighted by Gasteiger charge is 2.32. The lowest BCUT2D eigenvalue weighted by atomic mass is 9.90. The Balaban J connectivity index is 1.74. The maximum atomic E-state index is 6.54. The predicted octanol–water partition coefficient (Wildman–Crippen LogP) is 7.50. The van der Waals surface area contributed by atoms with Gasteiger partial charge in [0.25, 0.3) is 0 Å². The third-order valence-electron chi connectivity index (χ3n) is 6.99. The number of aromatic nitrogens is 2. The van der Waals surface area contributed by atoms with Crippen LogP contribution in [-0.4, -0.2) is 4.57 Å². The number of hydrogen-bond acceptors (Lipinski definition) is 1. The number of hydrogen-bond donors (Lipinski definition) is 0. The molecule has 3 heteroatoms. The van der Waals surface area contributed by atoms with Gasteiger partial charge < -0.3 is 8.98 Å². The molecule has 6 aromatic rings. The normalized spacial score (nSPS) is 12.1. The maximum Gasteiger partial charge on any atom is 0.223 e. The van der Waals surface area contributed by atoms with Crippen LogP contribution in [0.5, 0.6) is 0 Å². The molecular formula is C31H19N2O+. The molecule has 0 unspecified atom stereocenters. The molecule has 3 nitrogen and oxygen atoms in total. The minimum Gasteiger partial charge on any atom is -0.456 e. The van der Waals surface area contributed by atoms with Crippen LogP contribution in [0.15, 0.2) is 120 Å². The van der Waals surface area contributed by atoms with Crippen molar-refractivity contribution in [3.8, 4) is 22.5 Å². The first-order chi connectivity index (χ1) is 16.9. The van der Waals surface area contributed by atoms with E-state index < -0.39 is 0 Å². The van der Waals surface area contributed by atoms with Gasteiger partial charge in [0.05, 0.1) is 27.4 Å². The van der Waals surface area contributed by atoms with Crippen LogP contribution in [0.3, 0.4) is 0 Å². The molecule has 0 N–H and O–H groups in total. The van der Waals surface area contributed by atoms with E-state index in [4.69, 9.17) is 4.42 Å². The van der Waals surface area contributed by atoms with E-state index in [1.807, 2.05) is 0 Å². The smallest absolute Gasteiger partial charge is 0.223 e. The molecule has 0 bridgehead atoms. The molecule has 0 aliphatic carbocycles. The Morgan fingerprint density at radius 3 is 1.97 bits per heavy atom. The average molecular weight is 436 g/mol. The number of rotatable bonds is 2. The van der Waals surface area contributed by atoms with Gasteiger partial charge in [-0.15, -0.1) is 0 Å². The third-order valence-corrected chi connectivity index (χ3v) is 6.99. The summed E-state index contributed by atoms with van der Waals surface area (Å²) < 4.78 is 11.3. The highest BCUT2D eigenvalue weighted by atomic mass is 16.3. The second-order valence-corrected chi connectivity index (χ2v) is 8.79.